The number of H-pyrrole nitrogens is 1. The van der Waals surface area contributed by atoms with Crippen LogP contribution in [0.2, 0.25) is 0 Å². The fourth-order valence-corrected chi connectivity index (χ4v) is 1.87. The van der Waals surface area contributed by atoms with Gasteiger partial charge in [0, 0.05) is 21.5 Å². The number of nitrogens with one attached hydrogen (secondary N) is 1. The van der Waals surface area contributed by atoms with Crippen molar-refractivity contribution in [1.29, 1.82) is 0 Å². The number of hydrogen-bond acceptors (Lipinski definition) is 3. The molecule has 0 saturated carbocycles. The van der Waals surface area contributed by atoms with E-state index in [0.29, 0.717) is 11.1 Å². The third-order valence-electron chi connectivity index (χ3n) is 2.07. The minimum Gasteiger partial charge on any atom is -0.411 e. The van der Waals surface area contributed by atoms with Gasteiger partial charge in [0.2, 0.25) is 5.56 Å². The van der Waals surface area contributed by atoms with Gasteiger partial charge < -0.3 is 10.2 Å². The summed E-state index contributed by atoms with van der Waals surface area (Å²) in [5.74, 6) is 0. The molecule has 2 N–H and O–H groups in total. The molecule has 2 rings (SSSR count). The quantitative estimate of drug-likeness (QED) is 0.472. The second kappa shape index (κ2) is 3.86. The van der Waals surface area contributed by atoms with E-state index < -0.39 is 0 Å². The van der Waals surface area contributed by atoms with Crippen LogP contribution in [0.1, 0.15) is 5.56 Å². The molecule has 0 spiro atoms. The second-order valence-corrected chi connectivity index (χ2v) is 3.85. The summed E-state index contributed by atoms with van der Waals surface area (Å²) >= 11 is 3.38. The summed E-state index contributed by atoms with van der Waals surface area (Å²) in [4.78, 5) is 13.9. The van der Waals surface area contributed by atoms with E-state index in [-0.39, 0.29) is 5.56 Å². The first-order valence-corrected chi connectivity index (χ1v) is 5.00. The van der Waals surface area contributed by atoms with E-state index in [9.17, 15) is 4.79 Å². The van der Waals surface area contributed by atoms with Gasteiger partial charge in [0.1, 0.15) is 0 Å². The highest BCUT2D eigenvalue weighted by atomic mass is 79.9. The summed E-state index contributed by atoms with van der Waals surface area (Å²) in [5, 5.41) is 12.3. The molecular weight excluding hydrogens is 260 g/mol. The van der Waals surface area contributed by atoms with Gasteiger partial charge in [0.25, 0.3) is 0 Å². The smallest absolute Gasteiger partial charge is 0.248 e. The van der Waals surface area contributed by atoms with Gasteiger partial charge in [-0.1, -0.05) is 27.2 Å². The molecule has 1 aromatic carbocycles. The summed E-state index contributed by atoms with van der Waals surface area (Å²) in [6.45, 7) is 0. The minimum atomic E-state index is -0.187. The SMILES string of the molecule is O=c1ccc2c(Br)ccc(C=NO)c2[nH]1. The summed E-state index contributed by atoms with van der Waals surface area (Å²) in [5.41, 5.74) is 1.12. The van der Waals surface area contributed by atoms with Crippen molar-refractivity contribution in [2.45, 2.75) is 0 Å². The Morgan fingerprint density at radius 1 is 1.33 bits per heavy atom. The summed E-state index contributed by atoms with van der Waals surface area (Å²) in [7, 11) is 0. The zero-order chi connectivity index (χ0) is 10.8. The Bertz CT molecular complexity index is 589. The molecule has 0 aliphatic carbocycles. The van der Waals surface area contributed by atoms with Gasteiger partial charge in [0.05, 0.1) is 11.7 Å². The molecule has 0 aliphatic heterocycles. The van der Waals surface area contributed by atoms with Crippen LogP contribution >= 0.6 is 15.9 Å². The van der Waals surface area contributed by atoms with E-state index in [1.807, 2.05) is 6.07 Å². The highest BCUT2D eigenvalue weighted by molar-refractivity contribution is 9.10. The number of benzene rings is 1. The highest BCUT2D eigenvalue weighted by Gasteiger charge is 2.03. The van der Waals surface area contributed by atoms with Gasteiger partial charge in [-0.3, -0.25) is 4.79 Å². The topological polar surface area (TPSA) is 65.4 Å². The van der Waals surface area contributed by atoms with Gasteiger partial charge in [-0.25, -0.2) is 0 Å². The van der Waals surface area contributed by atoms with Crippen molar-refractivity contribution in [3.8, 4) is 0 Å². The first-order chi connectivity index (χ1) is 7.22. The second-order valence-electron chi connectivity index (χ2n) is 2.99. The highest BCUT2D eigenvalue weighted by Crippen LogP contribution is 2.23. The Balaban J connectivity index is 2.89. The van der Waals surface area contributed by atoms with E-state index >= 15 is 0 Å². The van der Waals surface area contributed by atoms with Crippen LogP contribution in [0.3, 0.4) is 0 Å². The molecule has 0 amide bonds. The van der Waals surface area contributed by atoms with Crippen LogP contribution in [0, 0.1) is 0 Å². The molecule has 0 unspecified atom stereocenters. The van der Waals surface area contributed by atoms with E-state index in [0.717, 1.165) is 9.86 Å². The van der Waals surface area contributed by atoms with Crippen molar-refractivity contribution in [2.24, 2.45) is 5.16 Å². The lowest BCUT2D eigenvalue weighted by atomic mass is 10.1. The molecule has 0 saturated heterocycles. The Hall–Kier alpha value is -1.62. The third kappa shape index (κ3) is 1.78. The number of aromatic amines is 1. The maximum atomic E-state index is 11.2. The molecule has 0 aliphatic rings. The maximum absolute atomic E-state index is 11.2. The molecule has 5 heteroatoms. The Labute approximate surface area is 93.4 Å². The summed E-state index contributed by atoms with van der Waals surface area (Å²) < 4.78 is 0.879. The zero-order valence-corrected chi connectivity index (χ0v) is 9.15. The maximum Gasteiger partial charge on any atom is 0.248 e. The summed E-state index contributed by atoms with van der Waals surface area (Å²) in [6.07, 6.45) is 1.28. The number of fused-ring (bicyclic) bond motifs is 1. The fourth-order valence-electron chi connectivity index (χ4n) is 1.41. The number of halogens is 1. The molecule has 76 valence electrons. The number of hydrogen-bond donors (Lipinski definition) is 2. The lowest BCUT2D eigenvalue weighted by molar-refractivity contribution is 0.322. The van der Waals surface area contributed by atoms with Gasteiger partial charge >= 0.3 is 0 Å². The number of rotatable bonds is 1. The monoisotopic (exact) mass is 266 g/mol. The number of aromatic nitrogens is 1. The number of pyridine rings is 1. The molecule has 15 heavy (non-hydrogen) atoms. The van der Waals surface area contributed by atoms with Gasteiger partial charge in [0.15, 0.2) is 0 Å². The molecule has 1 aromatic heterocycles. The van der Waals surface area contributed by atoms with Crippen LogP contribution in [0.5, 0.6) is 0 Å². The molecule has 0 bridgehead atoms. The van der Waals surface area contributed by atoms with Crippen molar-refractivity contribution >= 4 is 33.0 Å². The Morgan fingerprint density at radius 2 is 2.13 bits per heavy atom. The van der Waals surface area contributed by atoms with Gasteiger partial charge in [-0.15, -0.1) is 0 Å². The third-order valence-corrected chi connectivity index (χ3v) is 2.76. The lowest BCUT2D eigenvalue weighted by Crippen LogP contribution is -2.04. The number of oxime groups is 1. The van der Waals surface area contributed by atoms with Crippen LogP contribution in [0.4, 0.5) is 0 Å². The first-order valence-electron chi connectivity index (χ1n) is 4.21. The van der Waals surface area contributed by atoms with E-state index in [1.54, 1.807) is 12.1 Å². The van der Waals surface area contributed by atoms with Crippen molar-refractivity contribution < 1.29 is 5.21 Å². The molecule has 1 heterocycles. The molecule has 0 fully saturated rings. The van der Waals surface area contributed by atoms with Crippen LogP contribution in [0.15, 0.2) is 38.7 Å². The zero-order valence-electron chi connectivity index (χ0n) is 7.57. The number of nitrogens with zero attached hydrogens (tertiary/aromatic N) is 1. The largest absolute Gasteiger partial charge is 0.411 e. The average molecular weight is 267 g/mol. The molecular formula is C10H7BrN2O2. The van der Waals surface area contributed by atoms with Gasteiger partial charge in [-0.2, -0.15) is 0 Å². The normalized spacial score (nSPS) is 11.3. The van der Waals surface area contributed by atoms with Crippen LogP contribution in [0.25, 0.3) is 10.9 Å². The molecule has 4 nitrogen and oxygen atoms in total. The minimum absolute atomic E-state index is 0.187. The summed E-state index contributed by atoms with van der Waals surface area (Å²) in [6, 6.07) is 6.75. The van der Waals surface area contributed by atoms with Crippen LogP contribution < -0.4 is 5.56 Å². The van der Waals surface area contributed by atoms with Crippen LogP contribution in [-0.4, -0.2) is 16.4 Å². The molecule has 2 aromatic rings. The molecule has 0 radical (unpaired) electrons. The van der Waals surface area contributed by atoms with E-state index in [1.165, 1.54) is 12.3 Å². The van der Waals surface area contributed by atoms with E-state index in [4.69, 9.17) is 5.21 Å². The predicted octanol–water partition coefficient (Wildman–Crippen LogP) is 2.10. The average Bonchev–Trinajstić information content (AvgIpc) is 2.22. The fraction of sp³-hybridized carbons (Fsp3) is 0. The van der Waals surface area contributed by atoms with Crippen molar-refractivity contribution in [2.75, 3.05) is 0 Å². The molecule has 0 atom stereocenters. The standard InChI is InChI=1S/C10H7BrN2O2/c11-8-3-1-6(5-12-15)10-7(8)2-4-9(14)13-10/h1-5,15H,(H,13,14). The van der Waals surface area contributed by atoms with Crippen molar-refractivity contribution in [3.63, 3.8) is 0 Å². The lowest BCUT2D eigenvalue weighted by Gasteiger charge is -2.02. The van der Waals surface area contributed by atoms with Gasteiger partial charge in [-0.05, 0) is 12.1 Å². The van der Waals surface area contributed by atoms with Crippen molar-refractivity contribution in [1.82, 2.24) is 4.98 Å². The first kappa shape index (κ1) is 9.92. The Morgan fingerprint density at radius 3 is 2.87 bits per heavy atom. The van der Waals surface area contributed by atoms with Crippen molar-refractivity contribution in [3.05, 3.63) is 44.7 Å². The van der Waals surface area contributed by atoms with E-state index in [2.05, 4.69) is 26.1 Å². The van der Waals surface area contributed by atoms with Crippen LogP contribution in [-0.2, 0) is 0 Å². The Kier molecular flexibility index (Phi) is 2.55. The predicted molar refractivity (Wildman–Crippen MR) is 61.6 cm³/mol.